The first kappa shape index (κ1) is 12.6. The average molecular weight is 292 g/mol. The first-order valence-electron chi connectivity index (χ1n) is 6.99. The quantitative estimate of drug-likeness (QED) is 0.565. The summed E-state index contributed by atoms with van der Waals surface area (Å²) in [4.78, 5) is 11.9. The molecule has 3 N–H and O–H groups in total. The van der Waals surface area contributed by atoms with Crippen molar-refractivity contribution in [1.29, 1.82) is 0 Å². The number of nitrogens with one attached hydrogen (secondary N) is 2. The lowest BCUT2D eigenvalue weighted by molar-refractivity contribution is -0.423. The smallest absolute Gasteiger partial charge is 0.449 e. The maximum absolute atomic E-state index is 11.9. The van der Waals surface area contributed by atoms with Crippen molar-refractivity contribution in [2.45, 2.75) is 6.92 Å². The molecule has 5 heteroatoms. The Kier molecular flexibility index (Phi) is 2.56. The summed E-state index contributed by atoms with van der Waals surface area (Å²) in [5, 5.41) is 16.1. The highest BCUT2D eigenvalue weighted by molar-refractivity contribution is 5.89. The Labute approximate surface area is 125 Å². The number of aromatic nitrogens is 3. The Morgan fingerprint density at radius 1 is 1.09 bits per heavy atom. The monoisotopic (exact) mass is 292 g/mol. The van der Waals surface area contributed by atoms with Gasteiger partial charge in [0, 0.05) is 11.5 Å². The number of fused-ring (bicyclic) bond motifs is 3. The molecule has 0 radical (unpaired) electrons. The second-order valence-electron chi connectivity index (χ2n) is 5.39. The van der Waals surface area contributed by atoms with E-state index in [9.17, 15) is 9.90 Å². The normalized spacial score (nSPS) is 11.3. The SMILES string of the molecule is Cc1cc2[nH+][nH]c(=O)n2c2ccc(-c3cccc(O)c3)cc12. The number of nitrogens with zero attached hydrogens (tertiary/aromatic N) is 1. The van der Waals surface area contributed by atoms with Gasteiger partial charge in [-0.25, -0.2) is 4.79 Å². The van der Waals surface area contributed by atoms with Crippen LogP contribution in [0.2, 0.25) is 0 Å². The fourth-order valence-electron chi connectivity index (χ4n) is 2.87. The van der Waals surface area contributed by atoms with Gasteiger partial charge in [-0.15, -0.1) is 4.40 Å². The lowest BCUT2D eigenvalue weighted by Gasteiger charge is -2.05. The predicted molar refractivity (Wildman–Crippen MR) is 83.9 cm³/mol. The highest BCUT2D eigenvalue weighted by Crippen LogP contribution is 2.28. The molecule has 2 aromatic carbocycles. The standard InChI is InChI=1S/C17H13N3O2/c1-10-7-16-18-19-17(22)20(16)15-6-5-12(9-14(10)15)11-3-2-4-13(21)8-11/h2-9,21H,1H3,(H,19,22)/p+1. The van der Waals surface area contributed by atoms with Crippen molar-refractivity contribution < 1.29 is 10.2 Å². The molecule has 22 heavy (non-hydrogen) atoms. The fraction of sp³-hybridized carbons (Fsp3) is 0.0588. The van der Waals surface area contributed by atoms with Gasteiger partial charge in [-0.2, -0.15) is 10.2 Å². The summed E-state index contributed by atoms with van der Waals surface area (Å²) in [6.07, 6.45) is 0. The number of aromatic amines is 2. The molecule has 4 aromatic rings. The molecule has 4 rings (SSSR count). The van der Waals surface area contributed by atoms with E-state index in [0.717, 1.165) is 33.2 Å². The molecule has 5 nitrogen and oxygen atoms in total. The molecule has 108 valence electrons. The number of benzene rings is 2. The number of hydrogen-bond acceptors (Lipinski definition) is 2. The van der Waals surface area contributed by atoms with Crippen LogP contribution in [0.15, 0.2) is 53.3 Å². The summed E-state index contributed by atoms with van der Waals surface area (Å²) in [7, 11) is 0. The zero-order chi connectivity index (χ0) is 15.3. The minimum atomic E-state index is -0.190. The molecule has 0 atom stereocenters. The molecule has 0 saturated carbocycles. The van der Waals surface area contributed by atoms with Crippen LogP contribution >= 0.6 is 0 Å². The fourth-order valence-corrected chi connectivity index (χ4v) is 2.87. The molecule has 0 unspecified atom stereocenters. The Morgan fingerprint density at radius 3 is 2.73 bits per heavy atom. The van der Waals surface area contributed by atoms with Gasteiger partial charge < -0.3 is 5.11 Å². The lowest BCUT2D eigenvalue weighted by Crippen LogP contribution is -2.11. The van der Waals surface area contributed by atoms with E-state index >= 15 is 0 Å². The minimum absolute atomic E-state index is 0.190. The van der Waals surface area contributed by atoms with E-state index in [2.05, 4.69) is 10.2 Å². The number of hydrogen-bond donors (Lipinski definition) is 2. The van der Waals surface area contributed by atoms with Crippen LogP contribution in [0, 0.1) is 6.92 Å². The minimum Gasteiger partial charge on any atom is -0.508 e. The van der Waals surface area contributed by atoms with Gasteiger partial charge >= 0.3 is 11.3 Å². The third-order valence-electron chi connectivity index (χ3n) is 3.94. The maximum atomic E-state index is 11.9. The van der Waals surface area contributed by atoms with E-state index in [1.165, 1.54) is 0 Å². The molecular formula is C17H14N3O2+. The van der Waals surface area contributed by atoms with E-state index in [1.54, 1.807) is 16.5 Å². The first-order valence-corrected chi connectivity index (χ1v) is 6.99. The highest BCUT2D eigenvalue weighted by atomic mass is 16.3. The molecule has 0 aliphatic heterocycles. The Balaban J connectivity index is 2.06. The number of phenolic OH excluding ortho intramolecular Hbond substituents is 1. The molecule has 0 fully saturated rings. The van der Waals surface area contributed by atoms with Crippen LogP contribution in [0.3, 0.4) is 0 Å². The van der Waals surface area contributed by atoms with Crippen LogP contribution in [0.5, 0.6) is 5.75 Å². The Bertz CT molecular complexity index is 1080. The zero-order valence-corrected chi connectivity index (χ0v) is 11.9. The average Bonchev–Trinajstić information content (AvgIpc) is 2.88. The lowest BCUT2D eigenvalue weighted by atomic mass is 10.0. The largest absolute Gasteiger partial charge is 0.508 e. The summed E-state index contributed by atoms with van der Waals surface area (Å²) >= 11 is 0. The van der Waals surface area contributed by atoms with Gasteiger partial charge in [0.15, 0.2) is 0 Å². The van der Waals surface area contributed by atoms with Crippen LogP contribution in [-0.4, -0.2) is 14.6 Å². The van der Waals surface area contributed by atoms with Crippen LogP contribution in [0.4, 0.5) is 0 Å². The zero-order valence-electron chi connectivity index (χ0n) is 11.9. The van der Waals surface area contributed by atoms with Crippen molar-refractivity contribution in [3.05, 3.63) is 64.6 Å². The van der Waals surface area contributed by atoms with Gasteiger partial charge in [0.2, 0.25) is 0 Å². The third-order valence-corrected chi connectivity index (χ3v) is 3.94. The molecule has 0 aliphatic rings. The van der Waals surface area contributed by atoms with Crippen molar-refractivity contribution >= 4 is 16.6 Å². The van der Waals surface area contributed by atoms with Gasteiger partial charge in [-0.05, 0) is 47.9 Å². The van der Waals surface area contributed by atoms with Crippen molar-refractivity contribution in [3.63, 3.8) is 0 Å². The molecule has 0 bridgehead atoms. The molecule has 0 spiro atoms. The first-order chi connectivity index (χ1) is 10.6. The van der Waals surface area contributed by atoms with Crippen LogP contribution < -0.4 is 10.8 Å². The highest BCUT2D eigenvalue weighted by Gasteiger charge is 2.15. The molecule has 0 saturated heterocycles. The van der Waals surface area contributed by atoms with Gasteiger partial charge in [0.1, 0.15) is 11.3 Å². The van der Waals surface area contributed by atoms with E-state index < -0.39 is 0 Å². The predicted octanol–water partition coefficient (Wildman–Crippen LogP) is 2.28. The Morgan fingerprint density at radius 2 is 1.91 bits per heavy atom. The van der Waals surface area contributed by atoms with Crippen molar-refractivity contribution in [3.8, 4) is 16.9 Å². The van der Waals surface area contributed by atoms with Gasteiger partial charge in [0.05, 0.1) is 0 Å². The second-order valence-corrected chi connectivity index (χ2v) is 5.39. The van der Waals surface area contributed by atoms with Gasteiger partial charge in [-0.3, -0.25) is 0 Å². The van der Waals surface area contributed by atoms with Crippen molar-refractivity contribution in [2.24, 2.45) is 0 Å². The summed E-state index contributed by atoms with van der Waals surface area (Å²) in [6, 6.07) is 15.0. The van der Waals surface area contributed by atoms with Gasteiger partial charge in [0.25, 0.3) is 0 Å². The number of aryl methyl sites for hydroxylation is 1. The molecule has 0 amide bonds. The van der Waals surface area contributed by atoms with Gasteiger partial charge in [-0.1, -0.05) is 18.2 Å². The second kappa shape index (κ2) is 4.46. The van der Waals surface area contributed by atoms with Crippen LogP contribution in [0.25, 0.3) is 27.7 Å². The van der Waals surface area contributed by atoms with Crippen LogP contribution in [0.1, 0.15) is 5.56 Å². The maximum Gasteiger partial charge on any atom is 0.449 e. The summed E-state index contributed by atoms with van der Waals surface area (Å²) in [5.74, 6) is 0.237. The number of H-pyrrole nitrogens is 2. The Hall–Kier alpha value is -3.08. The summed E-state index contributed by atoms with van der Waals surface area (Å²) < 4.78 is 1.62. The molecule has 0 aliphatic carbocycles. The van der Waals surface area contributed by atoms with E-state index in [4.69, 9.17) is 0 Å². The molecule has 2 heterocycles. The number of pyridine rings is 1. The summed E-state index contributed by atoms with van der Waals surface area (Å²) in [6.45, 7) is 2.01. The topological polar surface area (TPSA) is 71.6 Å². The number of aromatic hydroxyl groups is 1. The van der Waals surface area contributed by atoms with Crippen molar-refractivity contribution in [1.82, 2.24) is 9.50 Å². The molecular weight excluding hydrogens is 278 g/mol. The van der Waals surface area contributed by atoms with E-state index in [0.29, 0.717) is 0 Å². The third kappa shape index (κ3) is 1.79. The number of phenols is 1. The van der Waals surface area contributed by atoms with E-state index in [1.807, 2.05) is 43.3 Å². The van der Waals surface area contributed by atoms with E-state index in [-0.39, 0.29) is 11.4 Å². The number of rotatable bonds is 1. The van der Waals surface area contributed by atoms with Crippen LogP contribution in [-0.2, 0) is 0 Å². The summed E-state index contributed by atoms with van der Waals surface area (Å²) in [5.41, 5.74) is 4.41. The molecule has 2 aromatic heterocycles. The van der Waals surface area contributed by atoms with Crippen molar-refractivity contribution in [2.75, 3.05) is 0 Å².